The van der Waals surface area contributed by atoms with Gasteiger partial charge in [-0.3, -0.25) is 4.79 Å². The van der Waals surface area contributed by atoms with E-state index in [1.54, 1.807) is 6.92 Å². The topological polar surface area (TPSA) is 71.6 Å². The molecule has 0 bridgehead atoms. The molecule has 2 atom stereocenters. The van der Waals surface area contributed by atoms with Gasteiger partial charge in [0.15, 0.2) is 5.75 Å². The second-order valence-corrected chi connectivity index (χ2v) is 7.34. The van der Waals surface area contributed by atoms with Crippen LogP contribution in [0.25, 0.3) is 0 Å². The third kappa shape index (κ3) is 4.48. The maximum Gasteiger partial charge on any atom is 0.416 e. The fourth-order valence-corrected chi connectivity index (χ4v) is 3.48. The molecule has 3 rings (SSSR count). The van der Waals surface area contributed by atoms with Crippen LogP contribution in [-0.4, -0.2) is 30.9 Å². The average Bonchev–Trinajstić information content (AvgIpc) is 3.25. The number of ether oxygens (including phenoxy) is 2. The number of nitrogens with one attached hydrogen (secondary N) is 3. The number of halogens is 5. The maximum absolute atomic E-state index is 12.9. The SMILES string of the molecule is CC1=CC(Oc2c(Cl)cc(C(F)(F)F)cc2Cl)(C(=O)NCC2CCCO2)NN1. The highest BCUT2D eigenvalue weighted by Crippen LogP contribution is 2.41. The van der Waals surface area contributed by atoms with Crippen molar-refractivity contribution in [1.82, 2.24) is 16.2 Å². The fraction of sp³-hybridized carbons (Fsp3) is 0.471. The summed E-state index contributed by atoms with van der Waals surface area (Å²) in [7, 11) is 0. The van der Waals surface area contributed by atoms with Gasteiger partial charge in [-0.1, -0.05) is 23.2 Å². The molecule has 3 N–H and O–H groups in total. The zero-order valence-corrected chi connectivity index (χ0v) is 16.3. The Morgan fingerprint density at radius 1 is 1.39 bits per heavy atom. The molecule has 6 nitrogen and oxygen atoms in total. The normalized spacial score (nSPS) is 24.6. The molecule has 1 aromatic rings. The van der Waals surface area contributed by atoms with Crippen molar-refractivity contribution >= 4 is 29.1 Å². The number of carbonyl (C=O) groups excluding carboxylic acids is 1. The molecule has 28 heavy (non-hydrogen) atoms. The first-order valence-electron chi connectivity index (χ1n) is 8.48. The summed E-state index contributed by atoms with van der Waals surface area (Å²) in [6, 6.07) is 1.39. The number of amides is 1. The van der Waals surface area contributed by atoms with Crippen LogP contribution in [0.15, 0.2) is 23.9 Å². The Hall–Kier alpha value is -1.68. The van der Waals surface area contributed by atoms with Gasteiger partial charge in [0, 0.05) is 24.9 Å². The number of hydrogen-bond acceptors (Lipinski definition) is 5. The number of allylic oxidation sites excluding steroid dienone is 1. The highest BCUT2D eigenvalue weighted by Gasteiger charge is 2.44. The van der Waals surface area contributed by atoms with E-state index in [2.05, 4.69) is 16.2 Å². The number of carbonyl (C=O) groups is 1. The van der Waals surface area contributed by atoms with Gasteiger partial charge in [0.05, 0.1) is 21.7 Å². The number of alkyl halides is 3. The third-order valence-corrected chi connectivity index (χ3v) is 4.87. The molecule has 1 aromatic carbocycles. The predicted octanol–water partition coefficient (Wildman–Crippen LogP) is 3.39. The fourth-order valence-electron chi connectivity index (χ4n) is 2.92. The Morgan fingerprint density at radius 2 is 2.07 bits per heavy atom. The second kappa shape index (κ2) is 7.98. The predicted molar refractivity (Wildman–Crippen MR) is 96.8 cm³/mol. The van der Waals surface area contributed by atoms with Crippen molar-refractivity contribution in [3.8, 4) is 5.75 Å². The van der Waals surface area contributed by atoms with Crippen LogP contribution in [0.4, 0.5) is 13.2 Å². The Labute approximate surface area is 169 Å². The van der Waals surface area contributed by atoms with Crippen molar-refractivity contribution < 1.29 is 27.4 Å². The highest BCUT2D eigenvalue weighted by molar-refractivity contribution is 6.37. The van der Waals surface area contributed by atoms with Gasteiger partial charge in [-0.25, -0.2) is 0 Å². The molecule has 0 aromatic heterocycles. The van der Waals surface area contributed by atoms with E-state index in [1.165, 1.54) is 6.08 Å². The molecule has 2 heterocycles. The van der Waals surface area contributed by atoms with E-state index in [9.17, 15) is 18.0 Å². The molecule has 0 spiro atoms. The van der Waals surface area contributed by atoms with E-state index in [4.69, 9.17) is 32.7 Å². The van der Waals surface area contributed by atoms with Crippen molar-refractivity contribution in [3.63, 3.8) is 0 Å². The molecular formula is C17H18Cl2F3N3O3. The number of hydrazine groups is 1. The molecule has 1 saturated heterocycles. The lowest BCUT2D eigenvalue weighted by Crippen LogP contribution is -2.60. The molecular weight excluding hydrogens is 422 g/mol. The maximum atomic E-state index is 12.9. The molecule has 0 aliphatic carbocycles. The monoisotopic (exact) mass is 439 g/mol. The van der Waals surface area contributed by atoms with Gasteiger partial charge in [0.25, 0.3) is 11.6 Å². The van der Waals surface area contributed by atoms with E-state index >= 15 is 0 Å². The van der Waals surface area contributed by atoms with Crippen LogP contribution in [0.5, 0.6) is 5.75 Å². The van der Waals surface area contributed by atoms with Crippen LogP contribution in [0.1, 0.15) is 25.3 Å². The van der Waals surface area contributed by atoms with Crippen LogP contribution in [0.3, 0.4) is 0 Å². The van der Waals surface area contributed by atoms with E-state index in [1.807, 2.05) is 0 Å². The molecule has 2 aliphatic rings. The number of rotatable bonds is 5. The van der Waals surface area contributed by atoms with Crippen molar-refractivity contribution in [2.24, 2.45) is 0 Å². The molecule has 2 aliphatic heterocycles. The Kier molecular flexibility index (Phi) is 6.00. The summed E-state index contributed by atoms with van der Waals surface area (Å²) >= 11 is 11.9. The molecule has 154 valence electrons. The van der Waals surface area contributed by atoms with Gasteiger partial charge in [-0.15, -0.1) is 0 Å². The van der Waals surface area contributed by atoms with E-state index < -0.39 is 23.4 Å². The Bertz CT molecular complexity index is 775. The van der Waals surface area contributed by atoms with Crippen molar-refractivity contribution in [2.45, 2.75) is 37.8 Å². The Balaban J connectivity index is 1.84. The van der Waals surface area contributed by atoms with Crippen molar-refractivity contribution in [3.05, 3.63) is 39.5 Å². The lowest BCUT2D eigenvalue weighted by atomic mass is 10.1. The summed E-state index contributed by atoms with van der Waals surface area (Å²) in [5, 5.41) is 1.98. The Morgan fingerprint density at radius 3 is 2.57 bits per heavy atom. The zero-order valence-electron chi connectivity index (χ0n) is 14.8. The first-order chi connectivity index (χ1) is 13.1. The van der Waals surface area contributed by atoms with Crippen molar-refractivity contribution in [2.75, 3.05) is 13.2 Å². The summed E-state index contributed by atoms with van der Waals surface area (Å²) in [5.41, 5.74) is 3.24. The average molecular weight is 440 g/mol. The van der Waals surface area contributed by atoms with E-state index in [-0.39, 0.29) is 28.4 Å². The molecule has 0 radical (unpaired) electrons. The summed E-state index contributed by atoms with van der Waals surface area (Å²) in [6.07, 6.45) is -1.53. The minimum absolute atomic E-state index is 0.0984. The summed E-state index contributed by atoms with van der Waals surface area (Å²) in [5.74, 6) is -0.816. The smallest absolute Gasteiger partial charge is 0.416 e. The molecule has 0 saturated carbocycles. The highest BCUT2D eigenvalue weighted by atomic mass is 35.5. The van der Waals surface area contributed by atoms with Gasteiger partial charge in [0.2, 0.25) is 0 Å². The zero-order chi connectivity index (χ0) is 20.5. The lowest BCUT2D eigenvalue weighted by Gasteiger charge is -2.29. The van der Waals surface area contributed by atoms with Crippen LogP contribution in [-0.2, 0) is 15.7 Å². The third-order valence-electron chi connectivity index (χ3n) is 4.31. The van der Waals surface area contributed by atoms with Crippen molar-refractivity contribution in [1.29, 1.82) is 0 Å². The summed E-state index contributed by atoms with van der Waals surface area (Å²) in [4.78, 5) is 12.8. The number of hydrogen-bond donors (Lipinski definition) is 3. The number of benzene rings is 1. The first-order valence-corrected chi connectivity index (χ1v) is 9.24. The van der Waals surface area contributed by atoms with Crippen LogP contribution in [0, 0.1) is 0 Å². The molecule has 1 amide bonds. The molecule has 2 unspecified atom stereocenters. The largest absolute Gasteiger partial charge is 0.455 e. The minimum atomic E-state index is -4.62. The second-order valence-electron chi connectivity index (χ2n) is 6.53. The minimum Gasteiger partial charge on any atom is -0.455 e. The van der Waals surface area contributed by atoms with E-state index in [0.29, 0.717) is 24.4 Å². The van der Waals surface area contributed by atoms with Gasteiger partial charge in [-0.05, 0) is 31.9 Å². The van der Waals surface area contributed by atoms with Crippen LogP contribution >= 0.6 is 23.2 Å². The molecule has 1 fully saturated rings. The van der Waals surface area contributed by atoms with Gasteiger partial charge < -0.3 is 20.2 Å². The summed E-state index contributed by atoms with van der Waals surface area (Å²) in [6.45, 7) is 2.59. The summed E-state index contributed by atoms with van der Waals surface area (Å²) < 4.78 is 49.9. The standard InChI is InChI=1S/C17H18Cl2F3N3O3/c1-9-7-16(25-24-9,15(26)23-8-11-3-2-4-27-11)28-14-12(18)5-10(6-13(14)19)17(20,21)22/h5-7,11,24-25H,2-4,8H2,1H3,(H,23,26). The van der Waals surface area contributed by atoms with Crippen LogP contribution < -0.4 is 20.9 Å². The quantitative estimate of drug-likeness (QED) is 0.655. The van der Waals surface area contributed by atoms with E-state index in [0.717, 1.165) is 12.8 Å². The van der Waals surface area contributed by atoms with Gasteiger partial charge >= 0.3 is 6.18 Å². The van der Waals surface area contributed by atoms with Gasteiger partial charge in [-0.2, -0.15) is 18.6 Å². The molecule has 11 heteroatoms. The lowest BCUT2D eigenvalue weighted by molar-refractivity contribution is -0.138. The van der Waals surface area contributed by atoms with Crippen LogP contribution in [0.2, 0.25) is 10.0 Å². The first kappa shape index (κ1) is 21.0. The van der Waals surface area contributed by atoms with Gasteiger partial charge in [0.1, 0.15) is 0 Å².